The van der Waals surface area contributed by atoms with Crippen LogP contribution in [0.2, 0.25) is 0 Å². The van der Waals surface area contributed by atoms with Gasteiger partial charge in [-0.05, 0) is 42.7 Å². The second kappa shape index (κ2) is 4.63. The lowest BCUT2D eigenvalue weighted by molar-refractivity contribution is 0.419. The van der Waals surface area contributed by atoms with Crippen LogP contribution < -0.4 is 5.73 Å². The molecule has 1 aliphatic rings. The van der Waals surface area contributed by atoms with Crippen LogP contribution >= 0.6 is 0 Å². The van der Waals surface area contributed by atoms with Gasteiger partial charge in [-0.2, -0.15) is 0 Å². The molecule has 0 amide bonds. The van der Waals surface area contributed by atoms with Crippen LogP contribution in [0.15, 0.2) is 36.9 Å². The zero-order valence-corrected chi connectivity index (χ0v) is 9.15. The van der Waals surface area contributed by atoms with Crippen molar-refractivity contribution in [3.05, 3.63) is 48.0 Å². The number of hydrogen-bond donors (Lipinski definition) is 1. The molecule has 80 valence electrons. The van der Waals surface area contributed by atoms with E-state index in [2.05, 4.69) is 30.8 Å². The van der Waals surface area contributed by atoms with Gasteiger partial charge >= 0.3 is 0 Å². The van der Waals surface area contributed by atoms with E-state index in [1.165, 1.54) is 11.1 Å². The third-order valence-corrected chi connectivity index (χ3v) is 3.39. The Hall–Kier alpha value is -1.08. The molecule has 1 nitrogen and oxygen atoms in total. The Morgan fingerprint density at radius 1 is 1.33 bits per heavy atom. The van der Waals surface area contributed by atoms with Crippen molar-refractivity contribution >= 4 is 0 Å². The minimum atomic E-state index is 0.329. The monoisotopic (exact) mass is 201 g/mol. The molecule has 1 atom stereocenters. The third-order valence-electron chi connectivity index (χ3n) is 3.39. The van der Waals surface area contributed by atoms with Crippen molar-refractivity contribution in [2.24, 2.45) is 11.7 Å². The summed E-state index contributed by atoms with van der Waals surface area (Å²) >= 11 is 0. The van der Waals surface area contributed by atoms with Crippen molar-refractivity contribution in [3.8, 4) is 0 Å². The van der Waals surface area contributed by atoms with Gasteiger partial charge in [-0.3, -0.25) is 0 Å². The molecule has 0 bridgehead atoms. The fourth-order valence-electron chi connectivity index (χ4n) is 2.44. The SMILES string of the molecule is C=CCCC(N)C1Cc2ccccc2C1. The molecule has 0 heterocycles. The van der Waals surface area contributed by atoms with Gasteiger partial charge in [0, 0.05) is 6.04 Å². The highest BCUT2D eigenvalue weighted by atomic mass is 14.7. The Kier molecular flexibility index (Phi) is 3.22. The highest BCUT2D eigenvalue weighted by Crippen LogP contribution is 2.29. The Balaban J connectivity index is 1.97. The molecule has 1 heteroatoms. The number of nitrogens with two attached hydrogens (primary N) is 1. The van der Waals surface area contributed by atoms with Crippen LogP contribution in [-0.4, -0.2) is 6.04 Å². The average Bonchev–Trinajstić information content (AvgIpc) is 2.69. The number of benzene rings is 1. The molecule has 0 spiro atoms. The van der Waals surface area contributed by atoms with E-state index in [1.54, 1.807) is 0 Å². The maximum Gasteiger partial charge on any atom is 0.00764 e. The van der Waals surface area contributed by atoms with Gasteiger partial charge in [0.05, 0.1) is 0 Å². The van der Waals surface area contributed by atoms with Gasteiger partial charge in [0.2, 0.25) is 0 Å². The number of hydrogen-bond acceptors (Lipinski definition) is 1. The molecule has 1 aliphatic carbocycles. The number of allylic oxidation sites excluding steroid dienone is 1. The van der Waals surface area contributed by atoms with Crippen LogP contribution in [0, 0.1) is 5.92 Å². The van der Waals surface area contributed by atoms with Crippen molar-refractivity contribution in [1.82, 2.24) is 0 Å². The quantitative estimate of drug-likeness (QED) is 0.745. The molecule has 2 N–H and O–H groups in total. The van der Waals surface area contributed by atoms with Crippen molar-refractivity contribution in [3.63, 3.8) is 0 Å². The summed E-state index contributed by atoms with van der Waals surface area (Å²) in [5.41, 5.74) is 9.19. The summed E-state index contributed by atoms with van der Waals surface area (Å²) in [6.07, 6.45) is 6.39. The first kappa shape index (κ1) is 10.4. The third kappa shape index (κ3) is 2.29. The summed E-state index contributed by atoms with van der Waals surface area (Å²) < 4.78 is 0. The summed E-state index contributed by atoms with van der Waals surface area (Å²) in [4.78, 5) is 0. The molecule has 1 aromatic carbocycles. The lowest BCUT2D eigenvalue weighted by Gasteiger charge is -2.17. The predicted octanol–water partition coefficient (Wildman–Crippen LogP) is 2.69. The van der Waals surface area contributed by atoms with E-state index in [-0.39, 0.29) is 0 Å². The molecular formula is C14H19N. The molecule has 2 rings (SSSR count). The minimum Gasteiger partial charge on any atom is -0.327 e. The molecule has 0 aromatic heterocycles. The summed E-state index contributed by atoms with van der Waals surface area (Å²) in [5, 5.41) is 0. The van der Waals surface area contributed by atoms with E-state index in [0.717, 1.165) is 25.7 Å². The van der Waals surface area contributed by atoms with Crippen LogP contribution in [0.3, 0.4) is 0 Å². The maximum atomic E-state index is 6.20. The second-order valence-corrected chi connectivity index (χ2v) is 4.47. The van der Waals surface area contributed by atoms with E-state index in [0.29, 0.717) is 12.0 Å². The topological polar surface area (TPSA) is 26.0 Å². The smallest absolute Gasteiger partial charge is 0.00764 e. The van der Waals surface area contributed by atoms with Gasteiger partial charge in [-0.15, -0.1) is 6.58 Å². The van der Waals surface area contributed by atoms with Gasteiger partial charge in [0.1, 0.15) is 0 Å². The van der Waals surface area contributed by atoms with Crippen molar-refractivity contribution in [2.45, 2.75) is 31.7 Å². The lowest BCUT2D eigenvalue weighted by atomic mass is 9.94. The molecule has 1 aromatic rings. The first-order valence-corrected chi connectivity index (χ1v) is 5.74. The molecule has 0 fully saturated rings. The molecule has 0 aliphatic heterocycles. The van der Waals surface area contributed by atoms with E-state index < -0.39 is 0 Å². The van der Waals surface area contributed by atoms with Gasteiger partial charge in [-0.25, -0.2) is 0 Å². The normalized spacial score (nSPS) is 17.4. The van der Waals surface area contributed by atoms with Crippen molar-refractivity contribution in [1.29, 1.82) is 0 Å². The largest absolute Gasteiger partial charge is 0.327 e. The van der Waals surface area contributed by atoms with Gasteiger partial charge in [-0.1, -0.05) is 30.3 Å². The van der Waals surface area contributed by atoms with Crippen LogP contribution in [0.5, 0.6) is 0 Å². The fourth-order valence-corrected chi connectivity index (χ4v) is 2.44. The minimum absolute atomic E-state index is 0.329. The Morgan fingerprint density at radius 2 is 1.93 bits per heavy atom. The van der Waals surface area contributed by atoms with Gasteiger partial charge in [0.15, 0.2) is 0 Å². The molecule has 0 saturated carbocycles. The zero-order chi connectivity index (χ0) is 10.7. The molecule has 0 radical (unpaired) electrons. The maximum absolute atomic E-state index is 6.20. The Labute approximate surface area is 92.0 Å². The highest BCUT2D eigenvalue weighted by molar-refractivity contribution is 5.32. The van der Waals surface area contributed by atoms with Gasteiger partial charge in [0.25, 0.3) is 0 Å². The fraction of sp³-hybridized carbons (Fsp3) is 0.429. The molecular weight excluding hydrogens is 182 g/mol. The van der Waals surface area contributed by atoms with E-state index in [9.17, 15) is 0 Å². The standard InChI is InChI=1S/C14H19N/c1-2-3-8-14(15)13-9-11-6-4-5-7-12(11)10-13/h2,4-7,13-14H,1,3,8-10,15H2. The van der Waals surface area contributed by atoms with E-state index in [1.807, 2.05) is 6.08 Å². The average molecular weight is 201 g/mol. The van der Waals surface area contributed by atoms with E-state index in [4.69, 9.17) is 5.73 Å². The summed E-state index contributed by atoms with van der Waals surface area (Å²) in [7, 11) is 0. The number of fused-ring (bicyclic) bond motifs is 1. The molecule has 15 heavy (non-hydrogen) atoms. The van der Waals surface area contributed by atoms with Crippen LogP contribution in [0.4, 0.5) is 0 Å². The summed E-state index contributed by atoms with van der Waals surface area (Å²) in [5.74, 6) is 0.641. The van der Waals surface area contributed by atoms with Gasteiger partial charge < -0.3 is 5.73 Å². The van der Waals surface area contributed by atoms with Crippen LogP contribution in [-0.2, 0) is 12.8 Å². The summed E-state index contributed by atoms with van der Waals surface area (Å²) in [6.45, 7) is 3.74. The lowest BCUT2D eigenvalue weighted by Crippen LogP contribution is -2.30. The van der Waals surface area contributed by atoms with Crippen molar-refractivity contribution in [2.75, 3.05) is 0 Å². The Bertz CT molecular complexity index is 318. The summed E-state index contributed by atoms with van der Waals surface area (Å²) in [6, 6.07) is 9.04. The first-order chi connectivity index (χ1) is 7.31. The second-order valence-electron chi connectivity index (χ2n) is 4.47. The van der Waals surface area contributed by atoms with Crippen LogP contribution in [0.1, 0.15) is 24.0 Å². The molecule has 1 unspecified atom stereocenters. The predicted molar refractivity (Wildman–Crippen MR) is 64.7 cm³/mol. The highest BCUT2D eigenvalue weighted by Gasteiger charge is 2.25. The van der Waals surface area contributed by atoms with Crippen molar-refractivity contribution < 1.29 is 0 Å². The van der Waals surface area contributed by atoms with Crippen LogP contribution in [0.25, 0.3) is 0 Å². The number of rotatable bonds is 4. The molecule has 0 saturated heterocycles. The first-order valence-electron chi connectivity index (χ1n) is 5.74. The van der Waals surface area contributed by atoms with E-state index >= 15 is 0 Å². The zero-order valence-electron chi connectivity index (χ0n) is 9.15. The Morgan fingerprint density at radius 3 is 2.47 bits per heavy atom.